The molecule has 1 atom stereocenters. The molecule has 0 aliphatic carbocycles. The van der Waals surface area contributed by atoms with E-state index in [-0.39, 0.29) is 0 Å². The Kier molecular flexibility index (Phi) is 4.15. The van der Waals surface area contributed by atoms with Gasteiger partial charge in [-0.15, -0.1) is 0 Å². The summed E-state index contributed by atoms with van der Waals surface area (Å²) in [6.45, 7) is 6.32. The molecule has 4 nitrogen and oxygen atoms in total. The molecule has 0 spiro atoms. The average molecular weight is 299 g/mol. The number of piperazine rings is 1. The molecule has 2 aliphatic heterocycles. The highest BCUT2D eigenvalue weighted by Crippen LogP contribution is 2.36. The first-order valence-corrected chi connectivity index (χ1v) is 8.51. The van der Waals surface area contributed by atoms with Crippen LogP contribution < -0.4 is 5.32 Å². The number of nitrogens with zero attached hydrogens (tertiary/aromatic N) is 1. The van der Waals surface area contributed by atoms with Gasteiger partial charge in [0.2, 0.25) is 0 Å². The normalized spacial score (nSPS) is 22.9. The lowest BCUT2D eigenvalue weighted by Gasteiger charge is -2.41. The summed E-state index contributed by atoms with van der Waals surface area (Å²) >= 11 is 0. The van der Waals surface area contributed by atoms with Crippen LogP contribution in [0.5, 0.6) is 0 Å². The molecule has 0 radical (unpaired) electrons. The molecule has 1 aromatic heterocycles. The van der Waals surface area contributed by atoms with Gasteiger partial charge in [0, 0.05) is 57.1 Å². The zero-order valence-corrected chi connectivity index (χ0v) is 13.1. The minimum absolute atomic E-state index is 0.527. The number of nitrogens with one attached hydrogen (secondary N) is 2. The minimum atomic E-state index is 0.527. The van der Waals surface area contributed by atoms with Gasteiger partial charge in [-0.25, -0.2) is 0 Å². The summed E-state index contributed by atoms with van der Waals surface area (Å²) in [5.74, 6) is 0.708. The number of hydrogen-bond acceptors (Lipinski definition) is 3. The third-order valence-electron chi connectivity index (χ3n) is 5.18. The molecular weight excluding hydrogens is 274 g/mol. The lowest BCUT2D eigenvalue weighted by atomic mass is 9.85. The topological polar surface area (TPSA) is 40.3 Å². The largest absolute Gasteiger partial charge is 0.381 e. The second-order valence-corrected chi connectivity index (χ2v) is 6.50. The Morgan fingerprint density at radius 1 is 1.09 bits per heavy atom. The first-order valence-electron chi connectivity index (χ1n) is 8.51. The van der Waals surface area contributed by atoms with Crippen molar-refractivity contribution in [3.05, 3.63) is 36.0 Å². The van der Waals surface area contributed by atoms with Gasteiger partial charge >= 0.3 is 0 Å². The molecule has 0 bridgehead atoms. The van der Waals surface area contributed by atoms with Gasteiger partial charge in [0.1, 0.15) is 0 Å². The summed E-state index contributed by atoms with van der Waals surface area (Å²) in [5.41, 5.74) is 2.72. The summed E-state index contributed by atoms with van der Waals surface area (Å²) in [6.07, 6.45) is 4.39. The molecule has 2 aromatic rings. The van der Waals surface area contributed by atoms with Crippen LogP contribution in [0.15, 0.2) is 30.5 Å². The molecular formula is C18H25N3O. The van der Waals surface area contributed by atoms with Crippen molar-refractivity contribution >= 4 is 10.9 Å². The molecule has 0 saturated carbocycles. The maximum Gasteiger partial charge on any atom is 0.0469 e. The van der Waals surface area contributed by atoms with Gasteiger partial charge in [0.05, 0.1) is 0 Å². The standard InChI is InChI=1S/C18H25N3O/c1-2-16(13-17-14(1)3-6-20-17)18(15-4-11-22-12-5-15)21-9-7-19-8-10-21/h1-3,6,13,15,18-20H,4-5,7-12H2/t18-/m0/s1. The summed E-state index contributed by atoms with van der Waals surface area (Å²) in [4.78, 5) is 6.04. The van der Waals surface area contributed by atoms with Crippen molar-refractivity contribution in [3.8, 4) is 0 Å². The van der Waals surface area contributed by atoms with Crippen molar-refractivity contribution in [1.29, 1.82) is 0 Å². The summed E-state index contributed by atoms with van der Waals surface area (Å²) in [6, 6.07) is 9.62. The summed E-state index contributed by atoms with van der Waals surface area (Å²) in [5, 5.41) is 4.78. The van der Waals surface area contributed by atoms with Gasteiger partial charge in [0.15, 0.2) is 0 Å². The van der Waals surface area contributed by atoms with E-state index < -0.39 is 0 Å². The Morgan fingerprint density at radius 3 is 2.73 bits per heavy atom. The number of rotatable bonds is 3. The quantitative estimate of drug-likeness (QED) is 0.915. The lowest BCUT2D eigenvalue weighted by molar-refractivity contribution is 0.0213. The number of H-pyrrole nitrogens is 1. The van der Waals surface area contributed by atoms with Crippen LogP contribution >= 0.6 is 0 Å². The number of hydrogen-bond donors (Lipinski definition) is 2. The maximum atomic E-state index is 5.59. The Labute approximate surface area is 131 Å². The van der Waals surface area contributed by atoms with Crippen LogP contribution in [-0.4, -0.2) is 49.3 Å². The number of aromatic amines is 1. The molecule has 2 N–H and O–H groups in total. The van der Waals surface area contributed by atoms with E-state index in [0.29, 0.717) is 12.0 Å². The van der Waals surface area contributed by atoms with Crippen LogP contribution in [0.3, 0.4) is 0 Å². The van der Waals surface area contributed by atoms with Gasteiger partial charge in [-0.05, 0) is 41.8 Å². The van der Waals surface area contributed by atoms with E-state index in [9.17, 15) is 0 Å². The number of fused-ring (bicyclic) bond motifs is 1. The zero-order chi connectivity index (χ0) is 14.8. The zero-order valence-electron chi connectivity index (χ0n) is 13.1. The third kappa shape index (κ3) is 2.78. The highest BCUT2D eigenvalue weighted by molar-refractivity contribution is 5.80. The monoisotopic (exact) mass is 299 g/mol. The van der Waals surface area contributed by atoms with E-state index in [4.69, 9.17) is 4.74 Å². The Bertz CT molecular complexity index is 594. The fraction of sp³-hybridized carbons (Fsp3) is 0.556. The number of aromatic nitrogens is 1. The van der Waals surface area contributed by atoms with Crippen LogP contribution in [0.1, 0.15) is 24.4 Å². The minimum Gasteiger partial charge on any atom is -0.381 e. The van der Waals surface area contributed by atoms with Crippen molar-refractivity contribution in [1.82, 2.24) is 15.2 Å². The SMILES string of the molecule is c1cc2ccc([C@H](C3CCOCC3)N3CCNCC3)cc2[nH]1. The highest BCUT2D eigenvalue weighted by Gasteiger charge is 2.31. The Balaban J connectivity index is 1.67. The van der Waals surface area contributed by atoms with Gasteiger partial charge in [-0.2, -0.15) is 0 Å². The third-order valence-corrected chi connectivity index (χ3v) is 5.18. The molecule has 0 unspecified atom stereocenters. The molecule has 3 heterocycles. The molecule has 1 aromatic carbocycles. The molecule has 2 fully saturated rings. The van der Waals surface area contributed by atoms with Crippen LogP contribution in [0.25, 0.3) is 10.9 Å². The molecule has 2 saturated heterocycles. The fourth-order valence-corrected chi connectivity index (χ4v) is 4.02. The van der Waals surface area contributed by atoms with Gasteiger partial charge in [-0.3, -0.25) is 4.90 Å². The molecule has 4 rings (SSSR count). The number of benzene rings is 1. The molecule has 4 heteroatoms. The van der Waals surface area contributed by atoms with E-state index >= 15 is 0 Å². The van der Waals surface area contributed by atoms with E-state index in [0.717, 1.165) is 39.4 Å². The smallest absolute Gasteiger partial charge is 0.0469 e. The van der Waals surface area contributed by atoms with Crippen LogP contribution in [-0.2, 0) is 4.74 Å². The first-order chi connectivity index (χ1) is 10.9. The van der Waals surface area contributed by atoms with Crippen LogP contribution in [0, 0.1) is 5.92 Å². The van der Waals surface area contributed by atoms with Crippen molar-refractivity contribution < 1.29 is 4.74 Å². The summed E-state index contributed by atoms with van der Waals surface area (Å²) < 4.78 is 5.59. The van der Waals surface area contributed by atoms with Crippen LogP contribution in [0.2, 0.25) is 0 Å². The molecule has 118 valence electrons. The van der Waals surface area contributed by atoms with Crippen LogP contribution in [0.4, 0.5) is 0 Å². The Morgan fingerprint density at radius 2 is 1.91 bits per heavy atom. The second kappa shape index (κ2) is 6.41. The maximum absolute atomic E-state index is 5.59. The van der Waals surface area contributed by atoms with Gasteiger partial charge in [-0.1, -0.05) is 12.1 Å². The van der Waals surface area contributed by atoms with E-state index in [2.05, 4.69) is 39.5 Å². The average Bonchev–Trinajstić information content (AvgIpc) is 3.05. The van der Waals surface area contributed by atoms with Crippen molar-refractivity contribution in [3.63, 3.8) is 0 Å². The van der Waals surface area contributed by atoms with E-state index in [1.54, 1.807) is 0 Å². The fourth-order valence-electron chi connectivity index (χ4n) is 4.02. The van der Waals surface area contributed by atoms with E-state index in [1.807, 2.05) is 6.20 Å². The van der Waals surface area contributed by atoms with Crippen molar-refractivity contribution in [2.75, 3.05) is 39.4 Å². The van der Waals surface area contributed by atoms with Gasteiger partial charge in [0.25, 0.3) is 0 Å². The van der Waals surface area contributed by atoms with Crippen molar-refractivity contribution in [2.45, 2.75) is 18.9 Å². The predicted octanol–water partition coefficient (Wildman–Crippen LogP) is 2.54. The predicted molar refractivity (Wildman–Crippen MR) is 89.0 cm³/mol. The highest BCUT2D eigenvalue weighted by atomic mass is 16.5. The molecule has 2 aliphatic rings. The van der Waals surface area contributed by atoms with Gasteiger partial charge < -0.3 is 15.0 Å². The molecule has 22 heavy (non-hydrogen) atoms. The lowest BCUT2D eigenvalue weighted by Crippen LogP contribution is -2.47. The summed E-state index contributed by atoms with van der Waals surface area (Å²) in [7, 11) is 0. The van der Waals surface area contributed by atoms with E-state index in [1.165, 1.54) is 29.3 Å². The Hall–Kier alpha value is -1.36. The van der Waals surface area contributed by atoms with Crippen molar-refractivity contribution in [2.24, 2.45) is 5.92 Å². The first kappa shape index (κ1) is 14.2. The molecule has 0 amide bonds. The second-order valence-electron chi connectivity index (χ2n) is 6.50. The number of ether oxygens (including phenoxy) is 1.